The van der Waals surface area contributed by atoms with Gasteiger partial charge in [0.05, 0.1) is 5.02 Å². The van der Waals surface area contributed by atoms with Gasteiger partial charge in [-0.3, -0.25) is 0 Å². The predicted octanol–water partition coefficient (Wildman–Crippen LogP) is 4.92. The molecule has 0 aliphatic heterocycles. The van der Waals surface area contributed by atoms with E-state index in [-0.39, 0.29) is 0 Å². The third-order valence-corrected chi connectivity index (χ3v) is 3.19. The molecule has 0 N–H and O–H groups in total. The maximum absolute atomic E-state index is 6.01. The van der Waals surface area contributed by atoms with Gasteiger partial charge in [-0.2, -0.15) is 0 Å². The average Bonchev–Trinajstić information content (AvgIpc) is 2.35. The van der Waals surface area contributed by atoms with Crippen molar-refractivity contribution in [3.8, 4) is 11.6 Å². The zero-order chi connectivity index (χ0) is 12.3. The fourth-order valence-electron chi connectivity index (χ4n) is 1.26. The van der Waals surface area contributed by atoms with Crippen LogP contribution in [0, 0.1) is 0 Å². The molecule has 0 atom stereocenters. The summed E-state index contributed by atoms with van der Waals surface area (Å²) < 4.78 is 5.55. The minimum Gasteiger partial charge on any atom is -0.437 e. The van der Waals surface area contributed by atoms with E-state index in [4.69, 9.17) is 39.5 Å². The van der Waals surface area contributed by atoms with Crippen molar-refractivity contribution in [1.29, 1.82) is 0 Å². The summed E-state index contributed by atoms with van der Waals surface area (Å²) >= 11 is 17.6. The molecule has 0 aliphatic rings. The Kier molecular flexibility index (Phi) is 4.11. The van der Waals surface area contributed by atoms with Crippen molar-refractivity contribution in [3.63, 3.8) is 0 Å². The van der Waals surface area contributed by atoms with Gasteiger partial charge in [-0.15, -0.1) is 11.6 Å². The van der Waals surface area contributed by atoms with Crippen LogP contribution in [-0.4, -0.2) is 4.98 Å². The average molecular weight is 289 g/mol. The fraction of sp³-hybridized carbons (Fsp3) is 0.0833. The highest BCUT2D eigenvalue weighted by molar-refractivity contribution is 6.42. The summed E-state index contributed by atoms with van der Waals surface area (Å²) in [6.07, 6.45) is 1.63. The normalized spacial score (nSPS) is 10.3. The van der Waals surface area contributed by atoms with E-state index in [1.54, 1.807) is 30.5 Å². The van der Waals surface area contributed by atoms with E-state index in [0.717, 1.165) is 5.56 Å². The molecule has 0 aliphatic carbocycles. The van der Waals surface area contributed by atoms with E-state index in [1.165, 1.54) is 0 Å². The van der Waals surface area contributed by atoms with Crippen LogP contribution in [0.1, 0.15) is 5.56 Å². The number of hydrogen-bond donors (Lipinski definition) is 0. The van der Waals surface area contributed by atoms with E-state index in [0.29, 0.717) is 27.6 Å². The second-order valence-corrected chi connectivity index (χ2v) is 4.34. The molecule has 0 fully saturated rings. The Labute approximate surface area is 114 Å². The monoisotopic (exact) mass is 287 g/mol. The molecule has 5 heteroatoms. The second-order valence-electron chi connectivity index (χ2n) is 3.29. The second kappa shape index (κ2) is 5.58. The number of hydrogen-bond acceptors (Lipinski definition) is 2. The topological polar surface area (TPSA) is 22.1 Å². The molecule has 0 bridgehead atoms. The summed E-state index contributed by atoms with van der Waals surface area (Å²) in [5, 5.41) is 0.810. The third-order valence-electron chi connectivity index (χ3n) is 2.08. The molecule has 0 saturated carbocycles. The van der Waals surface area contributed by atoms with Gasteiger partial charge < -0.3 is 4.74 Å². The molecule has 88 valence electrons. The fourth-order valence-corrected chi connectivity index (χ4v) is 1.76. The first kappa shape index (κ1) is 12.5. The highest BCUT2D eigenvalue weighted by atomic mass is 35.5. The number of alkyl halides is 1. The molecule has 17 heavy (non-hydrogen) atoms. The van der Waals surface area contributed by atoms with E-state index >= 15 is 0 Å². The predicted molar refractivity (Wildman–Crippen MR) is 70.3 cm³/mol. The van der Waals surface area contributed by atoms with Gasteiger partial charge in [-0.05, 0) is 23.8 Å². The molecule has 0 spiro atoms. The molecule has 1 aromatic heterocycles. The molecule has 1 heterocycles. The highest BCUT2D eigenvalue weighted by Gasteiger charge is 2.07. The molecule has 2 rings (SSSR count). The SMILES string of the molecule is ClCc1ccnc(Oc2cccc(Cl)c2Cl)c1. The number of nitrogens with zero attached hydrogens (tertiary/aromatic N) is 1. The van der Waals surface area contributed by atoms with Crippen LogP contribution in [0.2, 0.25) is 10.0 Å². The standard InChI is InChI=1S/C12H8Cl3NO/c13-7-8-4-5-16-11(6-8)17-10-3-1-2-9(14)12(10)15/h1-6H,7H2. The van der Waals surface area contributed by atoms with Gasteiger partial charge in [0.1, 0.15) is 10.8 Å². The van der Waals surface area contributed by atoms with Crippen LogP contribution < -0.4 is 4.74 Å². The largest absolute Gasteiger partial charge is 0.437 e. The number of pyridine rings is 1. The van der Waals surface area contributed by atoms with Crippen LogP contribution in [-0.2, 0) is 5.88 Å². The van der Waals surface area contributed by atoms with Crippen LogP contribution in [0.25, 0.3) is 0 Å². The molecular weight excluding hydrogens is 280 g/mol. The Balaban J connectivity index is 2.28. The van der Waals surface area contributed by atoms with E-state index in [2.05, 4.69) is 4.98 Å². The first-order chi connectivity index (χ1) is 8.20. The molecular formula is C12H8Cl3NO. The van der Waals surface area contributed by atoms with Gasteiger partial charge in [-0.25, -0.2) is 4.98 Å². The van der Waals surface area contributed by atoms with Crippen molar-refractivity contribution >= 4 is 34.8 Å². The maximum atomic E-state index is 6.01. The van der Waals surface area contributed by atoms with Crippen molar-refractivity contribution in [2.75, 3.05) is 0 Å². The van der Waals surface area contributed by atoms with Gasteiger partial charge in [0.2, 0.25) is 5.88 Å². The first-order valence-electron chi connectivity index (χ1n) is 4.83. The summed E-state index contributed by atoms with van der Waals surface area (Å²) in [4.78, 5) is 4.07. The Morgan fingerprint density at radius 3 is 2.76 bits per heavy atom. The quantitative estimate of drug-likeness (QED) is 0.748. The minimum atomic E-state index is 0.368. The van der Waals surface area contributed by atoms with Crippen LogP contribution in [0.5, 0.6) is 11.6 Å². The summed E-state index contributed by atoms with van der Waals surface area (Å²) in [6, 6.07) is 8.75. The lowest BCUT2D eigenvalue weighted by molar-refractivity contribution is 0.462. The summed E-state index contributed by atoms with van der Waals surface area (Å²) in [5.74, 6) is 1.31. The lowest BCUT2D eigenvalue weighted by atomic mass is 10.3. The van der Waals surface area contributed by atoms with Crippen molar-refractivity contribution in [3.05, 3.63) is 52.1 Å². The third kappa shape index (κ3) is 3.03. The number of halogens is 3. The number of benzene rings is 1. The van der Waals surface area contributed by atoms with Crippen LogP contribution in [0.15, 0.2) is 36.5 Å². The number of aromatic nitrogens is 1. The van der Waals surface area contributed by atoms with Gasteiger partial charge in [0.15, 0.2) is 0 Å². The Morgan fingerprint density at radius 1 is 1.18 bits per heavy atom. The van der Waals surface area contributed by atoms with E-state index in [9.17, 15) is 0 Å². The summed E-state index contributed by atoms with van der Waals surface area (Å²) in [6.45, 7) is 0. The van der Waals surface area contributed by atoms with Gasteiger partial charge in [0.25, 0.3) is 0 Å². The maximum Gasteiger partial charge on any atom is 0.219 e. The molecule has 2 aromatic rings. The van der Waals surface area contributed by atoms with Crippen LogP contribution in [0.3, 0.4) is 0 Å². The molecule has 0 unspecified atom stereocenters. The van der Waals surface area contributed by atoms with Gasteiger partial charge in [-0.1, -0.05) is 29.3 Å². The Hall–Kier alpha value is -0.960. The van der Waals surface area contributed by atoms with Crippen LogP contribution >= 0.6 is 34.8 Å². The zero-order valence-electron chi connectivity index (χ0n) is 8.66. The zero-order valence-corrected chi connectivity index (χ0v) is 10.9. The lowest BCUT2D eigenvalue weighted by Crippen LogP contribution is -1.90. The van der Waals surface area contributed by atoms with Crippen molar-refractivity contribution in [2.45, 2.75) is 5.88 Å². The first-order valence-corrected chi connectivity index (χ1v) is 6.12. The number of rotatable bonds is 3. The molecule has 1 aromatic carbocycles. The summed E-state index contributed by atoms with van der Waals surface area (Å²) in [7, 11) is 0. The lowest BCUT2D eigenvalue weighted by Gasteiger charge is -2.07. The Bertz CT molecular complexity index is 531. The van der Waals surface area contributed by atoms with E-state index in [1.807, 2.05) is 6.07 Å². The minimum absolute atomic E-state index is 0.368. The van der Waals surface area contributed by atoms with Gasteiger partial charge >= 0.3 is 0 Å². The van der Waals surface area contributed by atoms with Crippen molar-refractivity contribution in [1.82, 2.24) is 4.98 Å². The van der Waals surface area contributed by atoms with Crippen molar-refractivity contribution < 1.29 is 4.74 Å². The molecule has 2 nitrogen and oxygen atoms in total. The van der Waals surface area contributed by atoms with Gasteiger partial charge in [0, 0.05) is 18.1 Å². The molecule has 0 radical (unpaired) electrons. The van der Waals surface area contributed by atoms with Crippen LogP contribution in [0.4, 0.5) is 0 Å². The highest BCUT2D eigenvalue weighted by Crippen LogP contribution is 2.34. The smallest absolute Gasteiger partial charge is 0.219 e. The van der Waals surface area contributed by atoms with E-state index < -0.39 is 0 Å². The Morgan fingerprint density at radius 2 is 2.00 bits per heavy atom. The van der Waals surface area contributed by atoms with Crippen molar-refractivity contribution in [2.24, 2.45) is 0 Å². The summed E-state index contributed by atoms with van der Waals surface area (Å²) in [5.41, 5.74) is 0.926. The molecule has 0 saturated heterocycles. The number of ether oxygens (including phenoxy) is 1. The molecule has 0 amide bonds.